The summed E-state index contributed by atoms with van der Waals surface area (Å²) in [6, 6.07) is 44.9. The van der Waals surface area contributed by atoms with Crippen LogP contribution in [0.25, 0.3) is 43.8 Å². The van der Waals surface area contributed by atoms with E-state index in [1.54, 1.807) is 10.6 Å². The van der Waals surface area contributed by atoms with Crippen molar-refractivity contribution in [2.75, 3.05) is 0 Å². The van der Waals surface area contributed by atoms with Crippen LogP contribution in [0, 0.1) is 0 Å². The van der Waals surface area contributed by atoms with E-state index in [9.17, 15) is 0 Å². The number of fused-ring (bicyclic) bond motifs is 2. The summed E-state index contributed by atoms with van der Waals surface area (Å²) in [5, 5.41) is 8.80. The van der Waals surface area contributed by atoms with Crippen LogP contribution in [0.1, 0.15) is 81.1 Å². The van der Waals surface area contributed by atoms with E-state index in [2.05, 4.69) is 177 Å². The normalized spacial score (nSPS) is 14.4. The van der Waals surface area contributed by atoms with Crippen LogP contribution >= 0.6 is 15.8 Å². The Bertz CT molecular complexity index is 1710. The topological polar surface area (TPSA) is 0 Å². The molecule has 0 saturated heterocycles. The van der Waals surface area contributed by atoms with Gasteiger partial charge in [-0.15, -0.1) is 68.6 Å². The maximum Gasteiger partial charge on any atom is 4.00 e. The van der Waals surface area contributed by atoms with Gasteiger partial charge >= 0.3 is 25.8 Å². The summed E-state index contributed by atoms with van der Waals surface area (Å²) in [4.78, 5) is 0. The molecule has 0 heterocycles. The standard InChI is InChI=1S/2C23H28P.2ClH.Hf/c2*1-5-17(3)24(18(4)6-2)21-15-20-13-10-14-22(23(20)16-21)19-11-8-7-9-12-19;;;/h2*7-18H,5-6H2,1-4H3;2*1H;/q2*-1;;;+4/p-2. The van der Waals surface area contributed by atoms with Crippen LogP contribution < -0.4 is 35.4 Å². The molecule has 0 fully saturated rings. The molecule has 0 radical (unpaired) electrons. The van der Waals surface area contributed by atoms with Crippen LogP contribution in [0.4, 0.5) is 0 Å². The summed E-state index contributed by atoms with van der Waals surface area (Å²) in [6.07, 6.45) is 5.07. The third-order valence-corrected chi connectivity index (χ3v) is 17.5. The second-order valence-corrected chi connectivity index (χ2v) is 19.8. The Morgan fingerprint density at radius 1 is 0.451 bits per heavy atom. The van der Waals surface area contributed by atoms with Crippen molar-refractivity contribution in [1.82, 2.24) is 0 Å². The van der Waals surface area contributed by atoms with E-state index in [4.69, 9.17) is 0 Å². The molecule has 0 bridgehead atoms. The van der Waals surface area contributed by atoms with E-state index in [0.29, 0.717) is 0 Å². The zero-order chi connectivity index (χ0) is 34.2. The predicted molar refractivity (Wildman–Crippen MR) is 222 cm³/mol. The molecule has 51 heavy (non-hydrogen) atoms. The Balaban J connectivity index is 0.000000334. The minimum atomic E-state index is -0.106. The summed E-state index contributed by atoms with van der Waals surface area (Å²) < 4.78 is 0. The van der Waals surface area contributed by atoms with Crippen molar-refractivity contribution in [3.63, 3.8) is 0 Å². The van der Waals surface area contributed by atoms with Crippen molar-refractivity contribution in [1.29, 1.82) is 0 Å². The molecule has 6 rings (SSSR count). The molecular weight excluding hydrogens is 864 g/mol. The molecule has 0 nitrogen and oxygen atoms in total. The molecule has 0 N–H and O–H groups in total. The molecule has 0 aliphatic carbocycles. The number of hydrogen-bond acceptors (Lipinski definition) is 0. The Kier molecular flexibility index (Phi) is 19.6. The zero-order valence-corrected chi connectivity index (χ0v) is 38.7. The fourth-order valence-corrected chi connectivity index (χ4v) is 13.6. The predicted octanol–water partition coefficient (Wildman–Crippen LogP) is 7.87. The number of halogens is 2. The summed E-state index contributed by atoms with van der Waals surface area (Å²) in [7, 11) is -0.213. The van der Waals surface area contributed by atoms with Crippen LogP contribution in [-0.4, -0.2) is 22.6 Å². The van der Waals surface area contributed by atoms with Crippen molar-refractivity contribution in [2.24, 2.45) is 0 Å². The number of benzene rings is 4. The summed E-state index contributed by atoms with van der Waals surface area (Å²) in [6.45, 7) is 19.1. The first-order valence-electron chi connectivity index (χ1n) is 18.4. The van der Waals surface area contributed by atoms with E-state index < -0.39 is 0 Å². The van der Waals surface area contributed by atoms with Crippen molar-refractivity contribution < 1.29 is 50.7 Å². The number of rotatable bonds is 12. The fraction of sp³-hybridized carbons (Fsp3) is 0.348. The van der Waals surface area contributed by atoms with E-state index in [0.717, 1.165) is 22.6 Å². The summed E-state index contributed by atoms with van der Waals surface area (Å²) in [5.74, 6) is 0. The van der Waals surface area contributed by atoms with Crippen LogP contribution in [-0.2, 0) is 25.8 Å². The van der Waals surface area contributed by atoms with Gasteiger partial charge in [0.05, 0.1) is 0 Å². The third kappa shape index (κ3) is 10.8. The van der Waals surface area contributed by atoms with E-state index in [-0.39, 0.29) is 66.5 Å². The van der Waals surface area contributed by atoms with Gasteiger partial charge in [0.15, 0.2) is 0 Å². The second kappa shape index (κ2) is 21.9. The van der Waals surface area contributed by atoms with Crippen LogP contribution in [0.3, 0.4) is 0 Å². The second-order valence-electron chi connectivity index (χ2n) is 13.6. The minimum absolute atomic E-state index is 0. The third-order valence-electron chi connectivity index (χ3n) is 10.5. The first kappa shape index (κ1) is 45.6. The molecule has 0 spiro atoms. The van der Waals surface area contributed by atoms with Gasteiger partial charge in [0, 0.05) is 0 Å². The van der Waals surface area contributed by atoms with Crippen LogP contribution in [0.2, 0.25) is 0 Å². The minimum Gasteiger partial charge on any atom is -1.00 e. The molecule has 4 unspecified atom stereocenters. The van der Waals surface area contributed by atoms with Crippen molar-refractivity contribution in [3.05, 3.63) is 121 Å². The van der Waals surface area contributed by atoms with E-state index >= 15 is 0 Å². The number of hydrogen-bond donors (Lipinski definition) is 0. The average molecular weight is 920 g/mol. The maximum atomic E-state index is 2.49. The van der Waals surface area contributed by atoms with Crippen LogP contribution in [0.15, 0.2) is 121 Å². The monoisotopic (exact) mass is 920 g/mol. The van der Waals surface area contributed by atoms with Gasteiger partial charge in [0.2, 0.25) is 0 Å². The first-order valence-corrected chi connectivity index (χ1v) is 21.3. The van der Waals surface area contributed by atoms with E-state index in [1.807, 2.05) is 0 Å². The van der Waals surface area contributed by atoms with Gasteiger partial charge < -0.3 is 24.8 Å². The summed E-state index contributed by atoms with van der Waals surface area (Å²) in [5.41, 5.74) is 8.50. The SMILES string of the molecule is CCC(C)P(c1cc2c(-c3ccccc3)cccc2[cH-]1)C(C)CC.CCC(C)P(c1cc2c(-c3ccccc3)cccc2[cH-]1)C(C)CC.[Cl-].[Cl-].[Hf+4]. The van der Waals surface area contributed by atoms with Crippen molar-refractivity contribution in [2.45, 2.75) is 104 Å². The maximum absolute atomic E-state index is 2.49. The van der Waals surface area contributed by atoms with Gasteiger partial charge in [-0.25, -0.2) is 0 Å². The molecule has 6 aromatic rings. The molecule has 0 aliphatic rings. The summed E-state index contributed by atoms with van der Waals surface area (Å²) >= 11 is 0. The Morgan fingerprint density at radius 3 is 1.06 bits per heavy atom. The van der Waals surface area contributed by atoms with Crippen molar-refractivity contribution in [3.8, 4) is 22.3 Å². The molecule has 268 valence electrons. The van der Waals surface area contributed by atoms with Gasteiger partial charge in [0.1, 0.15) is 0 Å². The zero-order valence-electron chi connectivity index (χ0n) is 31.8. The Morgan fingerprint density at radius 2 is 0.765 bits per heavy atom. The Hall–Kier alpha value is -1.59. The quantitative estimate of drug-likeness (QED) is 0.0667. The average Bonchev–Trinajstić information content (AvgIpc) is 3.76. The smallest absolute Gasteiger partial charge is 1.00 e. The van der Waals surface area contributed by atoms with Gasteiger partial charge in [-0.3, -0.25) is 0 Å². The molecule has 0 aromatic heterocycles. The fourth-order valence-electron chi connectivity index (χ4n) is 7.15. The van der Waals surface area contributed by atoms with Crippen molar-refractivity contribution >= 4 is 48.0 Å². The molecule has 0 saturated carbocycles. The molecule has 0 aliphatic heterocycles. The Labute approximate surface area is 343 Å². The molecule has 6 aromatic carbocycles. The molecule has 5 heteroatoms. The van der Waals surface area contributed by atoms with Gasteiger partial charge in [0.25, 0.3) is 0 Å². The van der Waals surface area contributed by atoms with Gasteiger partial charge in [-0.1, -0.05) is 155 Å². The van der Waals surface area contributed by atoms with Gasteiger partial charge in [-0.05, 0) is 59.4 Å². The largest absolute Gasteiger partial charge is 4.00 e. The first-order chi connectivity index (χ1) is 23.3. The van der Waals surface area contributed by atoms with Gasteiger partial charge in [-0.2, -0.15) is 12.1 Å². The molecule has 0 amide bonds. The molecule has 4 atom stereocenters. The van der Waals surface area contributed by atoms with Crippen LogP contribution in [0.5, 0.6) is 0 Å². The van der Waals surface area contributed by atoms with E-state index in [1.165, 1.54) is 69.5 Å². The molecular formula is C46H56Cl2HfP2.